The minimum atomic E-state index is -3.21. The van der Waals surface area contributed by atoms with Crippen molar-refractivity contribution in [1.29, 1.82) is 0 Å². The number of piperidine rings is 1. The molecule has 1 atom stereocenters. The molecule has 0 saturated carbocycles. The molecule has 1 aromatic rings. The lowest BCUT2D eigenvalue weighted by Crippen LogP contribution is -2.49. The molecule has 0 aromatic heterocycles. The lowest BCUT2D eigenvalue weighted by molar-refractivity contribution is -0.117. The van der Waals surface area contributed by atoms with E-state index in [0.29, 0.717) is 6.54 Å². The van der Waals surface area contributed by atoms with Crippen LogP contribution in [0.15, 0.2) is 24.3 Å². The van der Waals surface area contributed by atoms with Crippen LogP contribution in [0.4, 0.5) is 5.69 Å². The molecule has 1 amide bonds. The fourth-order valence-corrected chi connectivity index (χ4v) is 3.50. The number of carbonyl (C=O) groups excluding carboxylic acids is 1. The van der Waals surface area contributed by atoms with Crippen LogP contribution in [-0.4, -0.2) is 51.2 Å². The van der Waals surface area contributed by atoms with Gasteiger partial charge in [0.05, 0.1) is 12.8 Å². The van der Waals surface area contributed by atoms with Crippen LogP contribution in [0.5, 0.6) is 0 Å². The highest BCUT2D eigenvalue weighted by Crippen LogP contribution is 2.14. The van der Waals surface area contributed by atoms with Gasteiger partial charge in [-0.05, 0) is 37.9 Å². The van der Waals surface area contributed by atoms with E-state index < -0.39 is 10.0 Å². The number of nitrogens with zero attached hydrogens (tertiary/aromatic N) is 1. The van der Waals surface area contributed by atoms with Gasteiger partial charge in [0.2, 0.25) is 15.9 Å². The molecule has 0 spiro atoms. The van der Waals surface area contributed by atoms with E-state index in [0.717, 1.165) is 36.9 Å². The first-order valence-electron chi connectivity index (χ1n) is 7.38. The summed E-state index contributed by atoms with van der Waals surface area (Å²) in [4.78, 5) is 14.1. The molecule has 1 unspecified atom stereocenters. The Labute approximate surface area is 131 Å². The van der Waals surface area contributed by atoms with Gasteiger partial charge in [0.25, 0.3) is 0 Å². The Kier molecular flexibility index (Phi) is 5.55. The van der Waals surface area contributed by atoms with E-state index in [2.05, 4.69) is 10.0 Å². The predicted molar refractivity (Wildman–Crippen MR) is 87.3 cm³/mol. The number of rotatable bonds is 5. The van der Waals surface area contributed by atoms with Crippen LogP contribution in [0.2, 0.25) is 0 Å². The van der Waals surface area contributed by atoms with Gasteiger partial charge in [0.15, 0.2) is 0 Å². The number of amides is 1. The molecule has 7 heteroatoms. The summed E-state index contributed by atoms with van der Waals surface area (Å²) in [6, 6.07) is 7.52. The summed E-state index contributed by atoms with van der Waals surface area (Å²) < 4.78 is 25.2. The van der Waals surface area contributed by atoms with E-state index in [-0.39, 0.29) is 18.5 Å². The first-order valence-corrected chi connectivity index (χ1v) is 9.28. The van der Waals surface area contributed by atoms with Crippen molar-refractivity contribution in [2.75, 3.05) is 31.2 Å². The van der Waals surface area contributed by atoms with Crippen LogP contribution >= 0.6 is 0 Å². The molecule has 1 aliphatic heterocycles. The Morgan fingerprint density at radius 1 is 1.36 bits per heavy atom. The highest BCUT2D eigenvalue weighted by atomic mass is 32.2. The molecule has 1 aromatic carbocycles. The Hall–Kier alpha value is -1.44. The van der Waals surface area contributed by atoms with Crippen LogP contribution < -0.4 is 10.0 Å². The molecule has 0 radical (unpaired) electrons. The average molecular weight is 325 g/mol. The molecule has 122 valence electrons. The summed E-state index contributed by atoms with van der Waals surface area (Å²) in [7, 11) is -3.21. The number of benzene rings is 1. The summed E-state index contributed by atoms with van der Waals surface area (Å²) in [6.07, 6.45) is 2.85. The normalized spacial score (nSPS) is 19.8. The third-order valence-electron chi connectivity index (χ3n) is 3.67. The van der Waals surface area contributed by atoms with Crippen molar-refractivity contribution < 1.29 is 13.2 Å². The predicted octanol–water partition coefficient (Wildman–Crippen LogP) is 0.947. The summed E-state index contributed by atoms with van der Waals surface area (Å²) in [5.41, 5.74) is 1.83. The number of nitrogens with one attached hydrogen (secondary N) is 2. The van der Waals surface area contributed by atoms with E-state index in [4.69, 9.17) is 0 Å². The maximum absolute atomic E-state index is 12.1. The van der Waals surface area contributed by atoms with Gasteiger partial charge in [0.1, 0.15) is 0 Å². The van der Waals surface area contributed by atoms with E-state index in [1.807, 2.05) is 36.1 Å². The maximum Gasteiger partial charge on any atom is 0.238 e. The molecule has 1 aliphatic rings. The number of para-hydroxylation sites is 1. The van der Waals surface area contributed by atoms with Gasteiger partial charge < -0.3 is 5.32 Å². The zero-order valence-electron chi connectivity index (χ0n) is 13.0. The summed E-state index contributed by atoms with van der Waals surface area (Å²) in [5.74, 6) is -0.0747. The molecule has 0 aliphatic carbocycles. The molecule has 1 heterocycles. The molecule has 1 fully saturated rings. The number of anilines is 1. The van der Waals surface area contributed by atoms with E-state index >= 15 is 0 Å². The van der Waals surface area contributed by atoms with Crippen LogP contribution in [0.3, 0.4) is 0 Å². The Morgan fingerprint density at radius 3 is 2.77 bits per heavy atom. The van der Waals surface area contributed by atoms with Gasteiger partial charge in [-0.1, -0.05) is 18.2 Å². The van der Waals surface area contributed by atoms with Gasteiger partial charge in [0, 0.05) is 18.3 Å². The van der Waals surface area contributed by atoms with Gasteiger partial charge in [-0.2, -0.15) is 0 Å². The first kappa shape index (κ1) is 16.9. The van der Waals surface area contributed by atoms with Crippen LogP contribution in [0.1, 0.15) is 18.4 Å². The van der Waals surface area contributed by atoms with Gasteiger partial charge in [-0.25, -0.2) is 13.1 Å². The van der Waals surface area contributed by atoms with E-state index in [1.54, 1.807) is 0 Å². The van der Waals surface area contributed by atoms with Gasteiger partial charge in [-0.3, -0.25) is 9.69 Å². The van der Waals surface area contributed by atoms with Crippen LogP contribution in [0.25, 0.3) is 0 Å². The second kappa shape index (κ2) is 7.21. The van der Waals surface area contributed by atoms with Crippen molar-refractivity contribution >= 4 is 21.6 Å². The Morgan fingerprint density at radius 2 is 2.09 bits per heavy atom. The fraction of sp³-hybridized carbons (Fsp3) is 0.533. The van der Waals surface area contributed by atoms with Crippen molar-refractivity contribution in [1.82, 2.24) is 9.62 Å². The minimum Gasteiger partial charge on any atom is -0.325 e. The molecule has 2 rings (SSSR count). The quantitative estimate of drug-likeness (QED) is 0.845. The van der Waals surface area contributed by atoms with E-state index in [1.165, 1.54) is 0 Å². The van der Waals surface area contributed by atoms with Crippen molar-refractivity contribution in [2.24, 2.45) is 0 Å². The topological polar surface area (TPSA) is 78.5 Å². The summed E-state index contributed by atoms with van der Waals surface area (Å²) >= 11 is 0. The third kappa shape index (κ3) is 5.40. The number of sulfonamides is 1. The minimum absolute atomic E-state index is 0.0747. The number of aryl methyl sites for hydroxylation is 1. The third-order valence-corrected chi connectivity index (χ3v) is 4.43. The van der Waals surface area contributed by atoms with Crippen LogP contribution in [0, 0.1) is 6.92 Å². The van der Waals surface area contributed by atoms with Gasteiger partial charge in [-0.15, -0.1) is 0 Å². The monoisotopic (exact) mass is 325 g/mol. The Balaban J connectivity index is 1.87. The summed E-state index contributed by atoms with van der Waals surface area (Å²) in [6.45, 7) is 3.59. The average Bonchev–Trinajstić information content (AvgIpc) is 2.40. The number of hydrogen-bond acceptors (Lipinski definition) is 4. The Bertz CT molecular complexity index is 631. The number of carbonyl (C=O) groups is 1. The second-order valence-electron chi connectivity index (χ2n) is 5.83. The maximum atomic E-state index is 12.1. The van der Waals surface area contributed by atoms with Crippen molar-refractivity contribution in [3.63, 3.8) is 0 Å². The van der Waals surface area contributed by atoms with Gasteiger partial charge >= 0.3 is 0 Å². The summed E-state index contributed by atoms with van der Waals surface area (Å²) in [5, 5.41) is 2.90. The highest BCUT2D eigenvalue weighted by Gasteiger charge is 2.23. The molecular formula is C15H23N3O3S. The van der Waals surface area contributed by atoms with Crippen molar-refractivity contribution in [3.05, 3.63) is 29.8 Å². The first-order chi connectivity index (χ1) is 10.3. The standard InChI is InChI=1S/C15H23N3O3S/c1-12-6-3-4-8-14(12)16-15(19)11-18-9-5-7-13(10-18)17-22(2,20)21/h3-4,6,8,13,17H,5,7,9-11H2,1-2H3,(H,16,19). The zero-order chi connectivity index (χ0) is 16.2. The number of hydrogen-bond donors (Lipinski definition) is 2. The largest absolute Gasteiger partial charge is 0.325 e. The van der Waals surface area contributed by atoms with E-state index in [9.17, 15) is 13.2 Å². The molecule has 1 saturated heterocycles. The van der Waals surface area contributed by atoms with Crippen molar-refractivity contribution in [3.8, 4) is 0 Å². The molecule has 2 N–H and O–H groups in total. The highest BCUT2D eigenvalue weighted by molar-refractivity contribution is 7.88. The SMILES string of the molecule is Cc1ccccc1NC(=O)CN1CCCC(NS(C)(=O)=O)C1. The fourth-order valence-electron chi connectivity index (χ4n) is 2.70. The molecule has 0 bridgehead atoms. The van der Waals surface area contributed by atoms with Crippen molar-refractivity contribution in [2.45, 2.75) is 25.8 Å². The molecule has 6 nitrogen and oxygen atoms in total. The molecular weight excluding hydrogens is 302 g/mol. The lowest BCUT2D eigenvalue weighted by Gasteiger charge is -2.32. The molecule has 22 heavy (non-hydrogen) atoms. The number of likely N-dealkylation sites (tertiary alicyclic amines) is 1. The smallest absolute Gasteiger partial charge is 0.238 e. The lowest BCUT2D eigenvalue weighted by atomic mass is 10.1. The second-order valence-corrected chi connectivity index (χ2v) is 7.61. The van der Waals surface area contributed by atoms with Crippen LogP contribution in [-0.2, 0) is 14.8 Å². The zero-order valence-corrected chi connectivity index (χ0v) is 13.8.